The molecule has 2 aromatic carbocycles. The number of benzene rings is 2. The minimum atomic E-state index is -1.31. The van der Waals surface area contributed by atoms with Crippen LogP contribution in [-0.4, -0.2) is 58.2 Å². The van der Waals surface area contributed by atoms with E-state index in [9.17, 15) is 29.4 Å². The zero-order valence-electron chi connectivity index (χ0n) is 16.1. The lowest BCUT2D eigenvalue weighted by Crippen LogP contribution is -2.01. The molecule has 0 atom stereocenters. The second-order valence-electron chi connectivity index (χ2n) is 5.54. The SMILES string of the molecule is CCOc1cc(C=O)cc(C(=O)O)c1O.CCOc1cc(C=O)cc(C(=O)O)c1O. The number of ether oxygens (including phenoxy) is 2. The molecular weight excluding hydrogens is 400 g/mol. The number of rotatable bonds is 8. The molecule has 2 rings (SSSR count). The van der Waals surface area contributed by atoms with Gasteiger partial charge >= 0.3 is 11.9 Å². The summed E-state index contributed by atoms with van der Waals surface area (Å²) in [5.74, 6) is -3.54. The fourth-order valence-electron chi connectivity index (χ4n) is 2.25. The van der Waals surface area contributed by atoms with Crippen LogP contribution in [0.15, 0.2) is 24.3 Å². The van der Waals surface area contributed by atoms with Gasteiger partial charge in [-0.1, -0.05) is 0 Å². The molecular formula is C20H20O10. The Balaban J connectivity index is 0.000000300. The van der Waals surface area contributed by atoms with E-state index in [2.05, 4.69) is 0 Å². The highest BCUT2D eigenvalue weighted by molar-refractivity contribution is 5.95. The Bertz CT molecular complexity index is 872. The molecule has 30 heavy (non-hydrogen) atoms. The molecule has 0 aliphatic rings. The predicted octanol–water partition coefficient (Wildman–Crippen LogP) is 2.60. The van der Waals surface area contributed by atoms with Gasteiger partial charge in [0.25, 0.3) is 0 Å². The van der Waals surface area contributed by atoms with E-state index in [1.54, 1.807) is 13.8 Å². The van der Waals surface area contributed by atoms with Gasteiger partial charge in [-0.15, -0.1) is 0 Å². The zero-order chi connectivity index (χ0) is 22.8. The van der Waals surface area contributed by atoms with Crippen molar-refractivity contribution in [3.05, 3.63) is 46.5 Å². The van der Waals surface area contributed by atoms with E-state index in [0.29, 0.717) is 12.6 Å². The van der Waals surface area contributed by atoms with Gasteiger partial charge in [0.1, 0.15) is 23.7 Å². The van der Waals surface area contributed by atoms with Crippen LogP contribution in [0, 0.1) is 0 Å². The van der Waals surface area contributed by atoms with Crippen LogP contribution in [0.25, 0.3) is 0 Å². The number of aldehydes is 2. The molecule has 0 aliphatic carbocycles. The lowest BCUT2D eigenvalue weighted by Gasteiger charge is -2.08. The third kappa shape index (κ3) is 5.96. The highest BCUT2D eigenvalue weighted by Gasteiger charge is 2.17. The maximum Gasteiger partial charge on any atom is 0.339 e. The number of carboxylic acid groups (broad SMARTS) is 2. The molecule has 0 saturated heterocycles. The Hall–Kier alpha value is -4.08. The zero-order valence-corrected chi connectivity index (χ0v) is 16.1. The normalized spacial score (nSPS) is 9.67. The van der Waals surface area contributed by atoms with Crippen molar-refractivity contribution >= 4 is 24.5 Å². The van der Waals surface area contributed by atoms with Gasteiger partial charge in [-0.05, 0) is 38.1 Å². The number of aromatic carboxylic acids is 2. The summed E-state index contributed by atoms with van der Waals surface area (Å²) in [6.45, 7) is 3.92. The first-order valence-corrected chi connectivity index (χ1v) is 8.56. The second-order valence-corrected chi connectivity index (χ2v) is 5.54. The first-order chi connectivity index (χ1) is 14.2. The molecule has 0 fully saturated rings. The summed E-state index contributed by atoms with van der Waals surface area (Å²) in [6.07, 6.45) is 0.989. The molecule has 0 aromatic heterocycles. The number of carbonyl (C=O) groups excluding carboxylic acids is 2. The smallest absolute Gasteiger partial charge is 0.339 e. The Kier molecular flexibility index (Phi) is 8.83. The van der Waals surface area contributed by atoms with Crippen LogP contribution in [0.1, 0.15) is 55.3 Å². The van der Waals surface area contributed by atoms with Gasteiger partial charge in [-0.25, -0.2) is 9.59 Å². The van der Waals surface area contributed by atoms with Gasteiger partial charge in [0, 0.05) is 11.1 Å². The standard InChI is InChI=1S/2C10H10O5/c2*1-2-15-8-4-6(5-11)3-7(9(8)12)10(13)14/h2*3-5,12H,2H2,1H3,(H,13,14). The van der Waals surface area contributed by atoms with E-state index < -0.39 is 23.4 Å². The van der Waals surface area contributed by atoms with Crippen LogP contribution in [-0.2, 0) is 0 Å². The minimum absolute atomic E-state index is 0.000463. The summed E-state index contributed by atoms with van der Waals surface area (Å²) in [4.78, 5) is 42.5. The van der Waals surface area contributed by atoms with E-state index in [4.69, 9.17) is 19.7 Å². The monoisotopic (exact) mass is 420 g/mol. The Morgan fingerprint density at radius 3 is 1.33 bits per heavy atom. The molecule has 0 amide bonds. The lowest BCUT2D eigenvalue weighted by molar-refractivity contribution is 0.0681. The molecule has 0 spiro atoms. The van der Waals surface area contributed by atoms with Crippen molar-refractivity contribution in [3.63, 3.8) is 0 Å². The fourth-order valence-corrected chi connectivity index (χ4v) is 2.25. The summed E-state index contributed by atoms with van der Waals surface area (Å²) >= 11 is 0. The van der Waals surface area contributed by atoms with Crippen molar-refractivity contribution in [1.82, 2.24) is 0 Å². The summed E-state index contributed by atoms with van der Waals surface area (Å²) in [6, 6.07) is 4.76. The molecule has 0 heterocycles. The summed E-state index contributed by atoms with van der Waals surface area (Å²) < 4.78 is 10.00. The first kappa shape index (κ1) is 24.0. The lowest BCUT2D eigenvalue weighted by atomic mass is 10.1. The Morgan fingerprint density at radius 1 is 0.767 bits per heavy atom. The number of carbonyl (C=O) groups is 4. The molecule has 0 saturated carbocycles. The number of hydrogen-bond donors (Lipinski definition) is 4. The average Bonchev–Trinajstić information content (AvgIpc) is 2.71. The highest BCUT2D eigenvalue weighted by atomic mass is 16.5. The molecule has 160 valence electrons. The van der Waals surface area contributed by atoms with Crippen LogP contribution < -0.4 is 9.47 Å². The van der Waals surface area contributed by atoms with Crippen molar-refractivity contribution in [2.24, 2.45) is 0 Å². The molecule has 4 N–H and O–H groups in total. The third-order valence-corrected chi connectivity index (χ3v) is 3.53. The topological polar surface area (TPSA) is 168 Å². The van der Waals surface area contributed by atoms with Gasteiger partial charge in [-0.2, -0.15) is 0 Å². The number of aromatic hydroxyl groups is 2. The maximum absolute atomic E-state index is 10.7. The molecule has 10 heteroatoms. The summed E-state index contributed by atoms with van der Waals surface area (Å²) in [5.41, 5.74) is -0.395. The van der Waals surface area contributed by atoms with Crippen LogP contribution in [0.5, 0.6) is 23.0 Å². The van der Waals surface area contributed by atoms with Gasteiger partial charge in [0.05, 0.1) is 13.2 Å². The molecule has 10 nitrogen and oxygen atoms in total. The summed E-state index contributed by atoms with van der Waals surface area (Å²) in [7, 11) is 0. The van der Waals surface area contributed by atoms with Crippen LogP contribution >= 0.6 is 0 Å². The number of carboxylic acids is 2. The van der Waals surface area contributed by atoms with Crippen LogP contribution in [0.2, 0.25) is 0 Å². The second kappa shape index (κ2) is 11.1. The average molecular weight is 420 g/mol. The van der Waals surface area contributed by atoms with Crippen molar-refractivity contribution in [2.45, 2.75) is 13.8 Å². The van der Waals surface area contributed by atoms with E-state index in [1.807, 2.05) is 0 Å². The van der Waals surface area contributed by atoms with Crippen molar-refractivity contribution < 1.29 is 49.1 Å². The Labute approximate surface area is 170 Å². The molecule has 0 aliphatic heterocycles. The minimum Gasteiger partial charge on any atom is -0.504 e. The van der Waals surface area contributed by atoms with E-state index in [-0.39, 0.29) is 47.0 Å². The van der Waals surface area contributed by atoms with E-state index >= 15 is 0 Å². The first-order valence-electron chi connectivity index (χ1n) is 8.56. The van der Waals surface area contributed by atoms with Gasteiger partial charge in [0.15, 0.2) is 23.0 Å². The van der Waals surface area contributed by atoms with Crippen molar-refractivity contribution in [1.29, 1.82) is 0 Å². The predicted molar refractivity (Wildman–Crippen MR) is 103 cm³/mol. The molecule has 2 aromatic rings. The van der Waals surface area contributed by atoms with E-state index in [1.165, 1.54) is 12.1 Å². The van der Waals surface area contributed by atoms with E-state index in [0.717, 1.165) is 12.1 Å². The van der Waals surface area contributed by atoms with Gasteiger partial charge < -0.3 is 29.9 Å². The highest BCUT2D eigenvalue weighted by Crippen LogP contribution is 2.32. The van der Waals surface area contributed by atoms with Gasteiger partial charge in [0.2, 0.25) is 0 Å². The maximum atomic E-state index is 10.7. The number of phenols is 2. The molecule has 0 unspecified atom stereocenters. The summed E-state index contributed by atoms with van der Waals surface area (Å²) in [5, 5.41) is 36.5. The Morgan fingerprint density at radius 2 is 1.10 bits per heavy atom. The quantitative estimate of drug-likeness (QED) is 0.466. The van der Waals surface area contributed by atoms with Crippen molar-refractivity contribution in [2.75, 3.05) is 13.2 Å². The largest absolute Gasteiger partial charge is 0.504 e. The fraction of sp³-hybridized carbons (Fsp3) is 0.200. The molecule has 0 radical (unpaired) electrons. The number of hydrogen-bond acceptors (Lipinski definition) is 8. The van der Waals surface area contributed by atoms with Gasteiger partial charge in [-0.3, -0.25) is 9.59 Å². The van der Waals surface area contributed by atoms with Crippen molar-refractivity contribution in [3.8, 4) is 23.0 Å². The third-order valence-electron chi connectivity index (χ3n) is 3.53. The van der Waals surface area contributed by atoms with Crippen LogP contribution in [0.4, 0.5) is 0 Å². The van der Waals surface area contributed by atoms with Crippen LogP contribution in [0.3, 0.4) is 0 Å². The molecule has 0 bridgehead atoms.